The smallest absolute Gasteiger partial charge is 0.312 e. The van der Waals surface area contributed by atoms with E-state index in [0.717, 1.165) is 42.9 Å². The Hall–Kier alpha value is -2.55. The molecule has 170 valence electrons. The van der Waals surface area contributed by atoms with Gasteiger partial charge in [-0.15, -0.1) is 0 Å². The molecule has 2 N–H and O–H groups in total. The summed E-state index contributed by atoms with van der Waals surface area (Å²) >= 11 is 0. The predicted octanol–water partition coefficient (Wildman–Crippen LogP) is 2.87. The van der Waals surface area contributed by atoms with Gasteiger partial charge in [0.25, 0.3) is 0 Å². The van der Waals surface area contributed by atoms with Gasteiger partial charge in [0, 0.05) is 49.9 Å². The number of aryl methyl sites for hydroxylation is 2. The lowest BCUT2D eigenvalue weighted by molar-refractivity contribution is 0.0836. The molecule has 2 aliphatic carbocycles. The van der Waals surface area contributed by atoms with Gasteiger partial charge in [0.1, 0.15) is 5.82 Å². The topological polar surface area (TPSA) is 90.7 Å². The van der Waals surface area contributed by atoms with Crippen LogP contribution >= 0.6 is 0 Å². The van der Waals surface area contributed by atoms with Gasteiger partial charge in [-0.3, -0.25) is 9.36 Å². The molecule has 1 aliphatic heterocycles. The number of fused-ring (bicyclic) bond motifs is 4. The first-order valence-corrected chi connectivity index (χ1v) is 11.8. The average Bonchev–Trinajstić information content (AvgIpc) is 3.29. The molecule has 6 rings (SSSR count). The van der Waals surface area contributed by atoms with E-state index in [1.165, 1.54) is 43.4 Å². The lowest BCUT2D eigenvalue weighted by atomic mass is 9.63. The van der Waals surface area contributed by atoms with Crippen LogP contribution in [0.4, 0.5) is 10.2 Å². The first kappa shape index (κ1) is 20.1. The van der Waals surface area contributed by atoms with Gasteiger partial charge in [0.05, 0.1) is 17.3 Å². The van der Waals surface area contributed by atoms with Crippen LogP contribution in [0.5, 0.6) is 0 Å². The van der Waals surface area contributed by atoms with Gasteiger partial charge in [-0.2, -0.15) is 24.6 Å². The molecule has 9 heteroatoms. The van der Waals surface area contributed by atoms with E-state index >= 15 is 0 Å². The van der Waals surface area contributed by atoms with Crippen LogP contribution in [-0.2, 0) is 26.6 Å². The standard InChI is InChI=1S/C23H31FN8/c1-14-18-13-31(21-17-11-26-30(2)20(17)27-22(24)28-21)9-6-19(18)32(29-14)12-16-5-8-23(25)7-3-4-15(16)10-23/h11,15-16H,3-10,12-13,25H2,1-2H3. The summed E-state index contributed by atoms with van der Waals surface area (Å²) in [6.45, 7) is 4.54. The van der Waals surface area contributed by atoms with Gasteiger partial charge >= 0.3 is 6.08 Å². The normalized spacial score (nSPS) is 27.7. The van der Waals surface area contributed by atoms with Crippen molar-refractivity contribution < 1.29 is 4.39 Å². The van der Waals surface area contributed by atoms with Crippen LogP contribution < -0.4 is 10.6 Å². The molecule has 0 amide bonds. The summed E-state index contributed by atoms with van der Waals surface area (Å²) < 4.78 is 18.0. The zero-order valence-electron chi connectivity index (χ0n) is 18.9. The summed E-state index contributed by atoms with van der Waals surface area (Å²) in [6, 6.07) is 0. The minimum absolute atomic E-state index is 0.0871. The van der Waals surface area contributed by atoms with Crippen molar-refractivity contribution in [2.24, 2.45) is 24.6 Å². The molecular weight excluding hydrogens is 407 g/mol. The van der Waals surface area contributed by atoms with Crippen LogP contribution in [0.2, 0.25) is 0 Å². The molecule has 2 fully saturated rings. The first-order valence-electron chi connectivity index (χ1n) is 11.8. The fourth-order valence-corrected chi connectivity index (χ4v) is 6.46. The van der Waals surface area contributed by atoms with Gasteiger partial charge in [-0.05, 0) is 50.9 Å². The van der Waals surface area contributed by atoms with Crippen LogP contribution in [0.3, 0.4) is 0 Å². The lowest BCUT2D eigenvalue weighted by Gasteiger charge is -2.46. The van der Waals surface area contributed by atoms with E-state index in [-0.39, 0.29) is 5.54 Å². The predicted molar refractivity (Wildman–Crippen MR) is 120 cm³/mol. The number of hydrogen-bond donors (Lipinski definition) is 1. The molecule has 3 aliphatic rings. The molecule has 4 heterocycles. The van der Waals surface area contributed by atoms with Crippen molar-refractivity contribution in [3.63, 3.8) is 0 Å². The quantitative estimate of drug-likeness (QED) is 0.633. The van der Waals surface area contributed by atoms with Crippen LogP contribution in [0, 0.1) is 24.8 Å². The largest absolute Gasteiger partial charge is 0.351 e. The minimum atomic E-state index is -0.713. The van der Waals surface area contributed by atoms with Gasteiger partial charge in [-0.1, -0.05) is 6.42 Å². The van der Waals surface area contributed by atoms with Crippen molar-refractivity contribution in [2.75, 3.05) is 11.4 Å². The monoisotopic (exact) mass is 438 g/mol. The maximum atomic E-state index is 14.2. The zero-order valence-corrected chi connectivity index (χ0v) is 18.9. The Morgan fingerprint density at radius 2 is 2.12 bits per heavy atom. The fraction of sp³-hybridized carbons (Fsp3) is 0.652. The molecule has 0 spiro atoms. The van der Waals surface area contributed by atoms with Crippen LogP contribution in [-0.4, -0.2) is 41.6 Å². The van der Waals surface area contributed by atoms with E-state index in [1.54, 1.807) is 17.9 Å². The SMILES string of the molecule is Cc1nn(CC2CCC3(N)CCCC2C3)c2c1CN(c1nc(F)nc3c1cnn3C)CC2. The molecule has 3 unspecified atom stereocenters. The third-order valence-electron chi connectivity index (χ3n) is 8.18. The highest BCUT2D eigenvalue weighted by Gasteiger charge is 2.41. The number of halogens is 1. The fourth-order valence-electron chi connectivity index (χ4n) is 6.46. The second-order valence-electron chi connectivity index (χ2n) is 10.2. The summed E-state index contributed by atoms with van der Waals surface area (Å²) in [5, 5.41) is 9.99. The number of rotatable bonds is 3. The number of hydrogen-bond acceptors (Lipinski definition) is 6. The summed E-state index contributed by atoms with van der Waals surface area (Å²) in [5.41, 5.74) is 10.9. The van der Waals surface area contributed by atoms with Crippen LogP contribution in [0.15, 0.2) is 6.20 Å². The van der Waals surface area contributed by atoms with E-state index in [4.69, 9.17) is 10.8 Å². The minimum Gasteiger partial charge on any atom is -0.351 e. The maximum Gasteiger partial charge on any atom is 0.312 e. The lowest BCUT2D eigenvalue weighted by Crippen LogP contribution is -2.50. The molecule has 3 aromatic heterocycles. The van der Waals surface area contributed by atoms with Crippen LogP contribution in [0.1, 0.15) is 55.5 Å². The maximum absolute atomic E-state index is 14.2. The Bertz CT molecular complexity index is 1180. The Morgan fingerprint density at radius 1 is 1.25 bits per heavy atom. The van der Waals surface area contributed by atoms with Crippen molar-refractivity contribution >= 4 is 16.9 Å². The third-order valence-corrected chi connectivity index (χ3v) is 8.18. The molecule has 3 atom stereocenters. The van der Waals surface area contributed by atoms with E-state index in [0.29, 0.717) is 23.9 Å². The summed E-state index contributed by atoms with van der Waals surface area (Å²) in [7, 11) is 1.77. The Kier molecular flexibility index (Phi) is 4.54. The van der Waals surface area contributed by atoms with Crippen molar-refractivity contribution in [2.45, 2.75) is 70.5 Å². The number of nitrogens with two attached hydrogens (primary N) is 1. The molecule has 0 radical (unpaired) electrons. The van der Waals surface area contributed by atoms with Crippen molar-refractivity contribution in [3.05, 3.63) is 29.2 Å². The zero-order chi connectivity index (χ0) is 22.0. The van der Waals surface area contributed by atoms with E-state index in [2.05, 4.69) is 31.6 Å². The van der Waals surface area contributed by atoms with Crippen molar-refractivity contribution in [1.29, 1.82) is 0 Å². The summed E-state index contributed by atoms with van der Waals surface area (Å²) in [6.07, 6.45) is 9.18. The van der Waals surface area contributed by atoms with E-state index in [1.807, 2.05) is 0 Å². The first-order chi connectivity index (χ1) is 15.4. The molecule has 8 nitrogen and oxygen atoms in total. The molecular formula is C23H31FN8. The number of anilines is 1. The van der Waals surface area contributed by atoms with Gasteiger partial charge in [0.15, 0.2) is 5.65 Å². The number of nitrogens with zero attached hydrogens (tertiary/aromatic N) is 7. The van der Waals surface area contributed by atoms with Crippen LogP contribution in [0.25, 0.3) is 11.0 Å². The second kappa shape index (κ2) is 7.23. The molecule has 3 aromatic rings. The number of aromatic nitrogens is 6. The molecule has 2 bridgehead atoms. The van der Waals surface area contributed by atoms with Gasteiger partial charge in [-0.25, -0.2) is 0 Å². The average molecular weight is 439 g/mol. The Balaban J connectivity index is 1.26. The van der Waals surface area contributed by atoms with E-state index in [9.17, 15) is 4.39 Å². The molecule has 0 saturated heterocycles. The highest BCUT2D eigenvalue weighted by molar-refractivity contribution is 5.86. The molecule has 2 saturated carbocycles. The van der Waals surface area contributed by atoms with Crippen molar-refractivity contribution in [1.82, 2.24) is 29.5 Å². The molecule has 32 heavy (non-hydrogen) atoms. The molecule has 0 aromatic carbocycles. The highest BCUT2D eigenvalue weighted by Crippen LogP contribution is 2.45. The van der Waals surface area contributed by atoms with Crippen molar-refractivity contribution in [3.8, 4) is 0 Å². The Morgan fingerprint density at radius 3 is 3.00 bits per heavy atom. The summed E-state index contributed by atoms with van der Waals surface area (Å²) in [4.78, 5) is 10.2. The summed E-state index contributed by atoms with van der Waals surface area (Å²) in [5.74, 6) is 2.01. The third kappa shape index (κ3) is 3.20. The Labute approximate surface area is 187 Å². The van der Waals surface area contributed by atoms with Gasteiger partial charge in [0.2, 0.25) is 0 Å². The van der Waals surface area contributed by atoms with E-state index < -0.39 is 6.08 Å². The second-order valence-corrected chi connectivity index (χ2v) is 10.2. The van der Waals surface area contributed by atoms with Gasteiger partial charge < -0.3 is 10.6 Å². The highest BCUT2D eigenvalue weighted by atomic mass is 19.1.